The van der Waals surface area contributed by atoms with Gasteiger partial charge < -0.3 is 4.90 Å². The lowest BCUT2D eigenvalue weighted by molar-refractivity contribution is -0.384. The lowest BCUT2D eigenvalue weighted by Crippen LogP contribution is -2.36. The first-order valence-electron chi connectivity index (χ1n) is 8.61. The van der Waals surface area contributed by atoms with Crippen LogP contribution in [0.3, 0.4) is 0 Å². The number of rotatable bonds is 6. The Balaban J connectivity index is 1.44. The van der Waals surface area contributed by atoms with Crippen molar-refractivity contribution in [3.05, 3.63) is 56.3 Å². The van der Waals surface area contributed by atoms with Crippen LogP contribution in [-0.4, -0.2) is 43.3 Å². The average molecular weight is 416 g/mol. The van der Waals surface area contributed by atoms with E-state index < -0.39 is 4.92 Å². The van der Waals surface area contributed by atoms with E-state index in [0.29, 0.717) is 18.2 Å². The standard InChI is InChI=1S/C17H16N6O3S2/c24-16(11-28-17-18-19-20-22(17)10-14-4-2-8-27-14)21-7-1-3-12-9-13(23(25)26)5-6-15(12)21/h2,4-6,8-9H,1,3,7,10-11H2. The van der Waals surface area contributed by atoms with Gasteiger partial charge in [-0.05, 0) is 46.3 Å². The molecule has 0 N–H and O–H groups in total. The zero-order valence-corrected chi connectivity index (χ0v) is 16.4. The Hall–Kier alpha value is -2.79. The number of tetrazole rings is 1. The second-order valence-corrected chi connectivity index (χ2v) is 8.18. The number of nitro groups is 1. The minimum absolute atomic E-state index is 0.0511. The van der Waals surface area contributed by atoms with Crippen LogP contribution >= 0.6 is 23.1 Å². The Morgan fingerprint density at radius 3 is 3.04 bits per heavy atom. The van der Waals surface area contributed by atoms with Crippen molar-refractivity contribution >= 4 is 40.4 Å². The number of carbonyl (C=O) groups is 1. The van der Waals surface area contributed by atoms with Crippen LogP contribution in [0.4, 0.5) is 11.4 Å². The van der Waals surface area contributed by atoms with E-state index in [2.05, 4.69) is 15.5 Å². The highest BCUT2D eigenvalue weighted by atomic mass is 32.2. The molecule has 1 aliphatic rings. The van der Waals surface area contributed by atoms with Crippen LogP contribution < -0.4 is 4.90 Å². The summed E-state index contributed by atoms with van der Waals surface area (Å²) in [7, 11) is 0. The van der Waals surface area contributed by atoms with E-state index in [-0.39, 0.29) is 17.3 Å². The summed E-state index contributed by atoms with van der Waals surface area (Å²) in [5, 5.41) is 25.3. The molecular formula is C17H16N6O3S2. The molecule has 28 heavy (non-hydrogen) atoms. The molecule has 0 fully saturated rings. The Morgan fingerprint density at radius 2 is 2.25 bits per heavy atom. The summed E-state index contributed by atoms with van der Waals surface area (Å²) >= 11 is 2.92. The molecule has 2 aromatic heterocycles. The molecule has 9 nitrogen and oxygen atoms in total. The number of nitro benzene ring substituents is 1. The van der Waals surface area contributed by atoms with Gasteiger partial charge >= 0.3 is 0 Å². The molecule has 3 heterocycles. The second-order valence-electron chi connectivity index (χ2n) is 6.21. The number of nitrogens with zero attached hydrogens (tertiary/aromatic N) is 6. The first-order chi connectivity index (χ1) is 13.6. The van der Waals surface area contributed by atoms with Gasteiger partial charge in [0.2, 0.25) is 11.1 Å². The summed E-state index contributed by atoms with van der Waals surface area (Å²) in [5.74, 6) is 0.131. The normalized spacial score (nSPS) is 13.4. The van der Waals surface area contributed by atoms with Crippen molar-refractivity contribution in [1.29, 1.82) is 0 Å². The fraction of sp³-hybridized carbons (Fsp3) is 0.294. The molecule has 0 atom stereocenters. The number of fused-ring (bicyclic) bond motifs is 1. The molecule has 11 heteroatoms. The van der Waals surface area contributed by atoms with Crippen molar-refractivity contribution in [3.63, 3.8) is 0 Å². The van der Waals surface area contributed by atoms with Gasteiger partial charge in [-0.2, -0.15) is 0 Å². The number of benzene rings is 1. The summed E-state index contributed by atoms with van der Waals surface area (Å²) in [6.07, 6.45) is 1.51. The third-order valence-corrected chi connectivity index (χ3v) is 6.21. The number of non-ortho nitro benzene ring substituents is 1. The monoisotopic (exact) mass is 416 g/mol. The second kappa shape index (κ2) is 8.07. The maximum atomic E-state index is 12.8. The summed E-state index contributed by atoms with van der Waals surface area (Å²) in [6, 6.07) is 8.65. The van der Waals surface area contributed by atoms with Gasteiger partial charge in [-0.3, -0.25) is 14.9 Å². The summed E-state index contributed by atoms with van der Waals surface area (Å²) < 4.78 is 1.68. The minimum Gasteiger partial charge on any atom is -0.311 e. The number of hydrogen-bond donors (Lipinski definition) is 0. The fourth-order valence-electron chi connectivity index (χ4n) is 3.11. The van der Waals surface area contributed by atoms with Crippen LogP contribution in [0.25, 0.3) is 0 Å². The molecule has 0 bridgehead atoms. The maximum absolute atomic E-state index is 12.8. The minimum atomic E-state index is -0.412. The summed E-state index contributed by atoms with van der Waals surface area (Å²) in [6.45, 7) is 1.17. The Bertz CT molecular complexity index is 1000. The molecule has 144 valence electrons. The van der Waals surface area contributed by atoms with E-state index in [1.807, 2.05) is 17.5 Å². The first kappa shape index (κ1) is 18.6. The molecule has 1 amide bonds. The van der Waals surface area contributed by atoms with Gasteiger partial charge in [0.25, 0.3) is 5.69 Å². The predicted molar refractivity (Wildman–Crippen MR) is 106 cm³/mol. The molecule has 1 aliphatic heterocycles. The smallest absolute Gasteiger partial charge is 0.269 e. The molecule has 0 aliphatic carbocycles. The summed E-state index contributed by atoms with van der Waals surface area (Å²) in [4.78, 5) is 26.2. The fourth-order valence-corrected chi connectivity index (χ4v) is 4.55. The van der Waals surface area contributed by atoms with Crippen LogP contribution in [-0.2, 0) is 17.8 Å². The predicted octanol–water partition coefficient (Wildman–Crippen LogP) is 2.76. The molecule has 0 saturated carbocycles. The lowest BCUT2D eigenvalue weighted by Gasteiger charge is -2.29. The van der Waals surface area contributed by atoms with Gasteiger partial charge in [-0.1, -0.05) is 17.8 Å². The number of anilines is 1. The van der Waals surface area contributed by atoms with E-state index in [4.69, 9.17) is 0 Å². The quantitative estimate of drug-likeness (QED) is 0.345. The largest absolute Gasteiger partial charge is 0.311 e. The average Bonchev–Trinajstić information content (AvgIpc) is 3.37. The highest BCUT2D eigenvalue weighted by molar-refractivity contribution is 7.99. The van der Waals surface area contributed by atoms with Gasteiger partial charge in [0.15, 0.2) is 0 Å². The molecule has 0 radical (unpaired) electrons. The van der Waals surface area contributed by atoms with E-state index >= 15 is 0 Å². The van der Waals surface area contributed by atoms with Crippen LogP contribution in [0.1, 0.15) is 16.9 Å². The highest BCUT2D eigenvalue weighted by Gasteiger charge is 2.25. The van der Waals surface area contributed by atoms with Gasteiger partial charge in [-0.15, -0.1) is 16.4 Å². The van der Waals surface area contributed by atoms with Gasteiger partial charge in [-0.25, -0.2) is 4.68 Å². The third-order valence-electron chi connectivity index (χ3n) is 4.40. The number of aromatic nitrogens is 4. The van der Waals surface area contributed by atoms with Crippen LogP contribution in [0.2, 0.25) is 0 Å². The molecule has 4 rings (SSSR count). The van der Waals surface area contributed by atoms with Crippen molar-refractivity contribution < 1.29 is 9.72 Å². The summed E-state index contributed by atoms with van der Waals surface area (Å²) in [5.41, 5.74) is 1.64. The SMILES string of the molecule is O=C(CSc1nnnn1Cc1cccs1)N1CCCc2cc([N+](=O)[O-])ccc21. The Kier molecular flexibility index (Phi) is 5.35. The van der Waals surface area contributed by atoms with Crippen molar-refractivity contribution in [1.82, 2.24) is 20.2 Å². The number of carbonyl (C=O) groups excluding carboxylic acids is 1. The van der Waals surface area contributed by atoms with Gasteiger partial charge in [0.05, 0.1) is 17.2 Å². The molecule has 0 saturated heterocycles. The van der Waals surface area contributed by atoms with Crippen molar-refractivity contribution in [3.8, 4) is 0 Å². The van der Waals surface area contributed by atoms with E-state index in [0.717, 1.165) is 29.0 Å². The number of aryl methyl sites for hydroxylation is 1. The lowest BCUT2D eigenvalue weighted by atomic mass is 10.0. The Morgan fingerprint density at radius 1 is 1.36 bits per heavy atom. The van der Waals surface area contributed by atoms with Crippen LogP contribution in [0, 0.1) is 10.1 Å². The topological polar surface area (TPSA) is 107 Å². The van der Waals surface area contributed by atoms with Gasteiger partial charge in [0.1, 0.15) is 0 Å². The van der Waals surface area contributed by atoms with Crippen molar-refractivity contribution in [2.24, 2.45) is 0 Å². The highest BCUT2D eigenvalue weighted by Crippen LogP contribution is 2.31. The molecular weight excluding hydrogens is 400 g/mol. The van der Waals surface area contributed by atoms with Crippen LogP contribution in [0.15, 0.2) is 40.9 Å². The zero-order chi connectivity index (χ0) is 19.5. The zero-order valence-electron chi connectivity index (χ0n) is 14.7. The number of hydrogen-bond acceptors (Lipinski definition) is 8. The molecule has 0 spiro atoms. The van der Waals surface area contributed by atoms with E-state index in [1.54, 1.807) is 33.1 Å². The third kappa shape index (κ3) is 3.90. The van der Waals surface area contributed by atoms with Gasteiger partial charge in [0, 0.05) is 29.2 Å². The van der Waals surface area contributed by atoms with E-state index in [9.17, 15) is 14.9 Å². The number of thiophene rings is 1. The molecule has 3 aromatic rings. The number of amides is 1. The molecule has 1 aromatic carbocycles. The van der Waals surface area contributed by atoms with Crippen LogP contribution in [0.5, 0.6) is 0 Å². The van der Waals surface area contributed by atoms with E-state index in [1.165, 1.54) is 17.8 Å². The first-order valence-corrected chi connectivity index (χ1v) is 10.5. The van der Waals surface area contributed by atoms with Crippen molar-refractivity contribution in [2.45, 2.75) is 24.5 Å². The Labute approximate surface area is 168 Å². The maximum Gasteiger partial charge on any atom is 0.269 e. The number of thioether (sulfide) groups is 1. The van der Waals surface area contributed by atoms with Crippen molar-refractivity contribution in [2.75, 3.05) is 17.2 Å². The molecule has 0 unspecified atom stereocenters.